The van der Waals surface area contributed by atoms with Gasteiger partial charge in [0.25, 0.3) is 0 Å². The Morgan fingerprint density at radius 2 is 1.62 bits per heavy atom. The Morgan fingerprint density at radius 3 is 2.25 bits per heavy atom. The van der Waals surface area contributed by atoms with Crippen molar-refractivity contribution >= 4 is 29.4 Å². The predicted molar refractivity (Wildman–Crippen MR) is 204 cm³/mol. The van der Waals surface area contributed by atoms with Crippen LogP contribution in [0.5, 0.6) is 0 Å². The molecule has 1 aliphatic carbocycles. The second kappa shape index (κ2) is 22.8. The van der Waals surface area contributed by atoms with E-state index in [2.05, 4.69) is 53.6 Å². The highest BCUT2D eigenvalue weighted by Gasteiger charge is 2.72. The highest BCUT2D eigenvalue weighted by atomic mass is 16.6. The first kappa shape index (κ1) is 46.6. The molecule has 2 heterocycles. The van der Waals surface area contributed by atoms with E-state index in [4.69, 9.17) is 28.4 Å². The molecule has 55 heavy (non-hydrogen) atoms. The molecule has 314 valence electrons. The van der Waals surface area contributed by atoms with Gasteiger partial charge < -0.3 is 44.4 Å². The standard InChI is InChI=1S/C39H67N5O11/c1-25(2)11-12-32-38(7,55-32)36-35(50-8)31(13-14-39(36)24-53-39)54-34(48)10-9-16-51-18-19-52-17-15-40-33(47)23-43-44-28(20-26(3)4)37(49)42-22-30(46)29(45)21-41-27(5)6/h11,26-28,31-32,35-36,41,43-44H,9-10,12-24H2,1-8H3,(H,40,47)(H,42,49)/t28-,31?,32+,35?,36?,38?,39-/m0/s1. The Morgan fingerprint density at radius 1 is 0.927 bits per heavy atom. The van der Waals surface area contributed by atoms with E-state index in [9.17, 15) is 24.0 Å². The van der Waals surface area contributed by atoms with E-state index >= 15 is 0 Å². The maximum Gasteiger partial charge on any atom is 0.306 e. The summed E-state index contributed by atoms with van der Waals surface area (Å²) in [4.78, 5) is 61.7. The maximum absolute atomic E-state index is 12.8. The van der Waals surface area contributed by atoms with Crippen molar-refractivity contribution in [1.29, 1.82) is 0 Å². The number of carbonyl (C=O) groups is 5. The van der Waals surface area contributed by atoms with Gasteiger partial charge in [0.1, 0.15) is 29.5 Å². The summed E-state index contributed by atoms with van der Waals surface area (Å²) in [7, 11) is 1.66. The number of amides is 2. The number of hydrazine groups is 1. The molecule has 0 aromatic rings. The fourth-order valence-electron chi connectivity index (χ4n) is 7.01. The minimum absolute atomic E-state index is 0.0210. The number of methoxy groups -OCH3 is 1. The van der Waals surface area contributed by atoms with Gasteiger partial charge in [0.2, 0.25) is 23.4 Å². The Kier molecular flexibility index (Phi) is 19.3. The lowest BCUT2D eigenvalue weighted by atomic mass is 9.68. The highest BCUT2D eigenvalue weighted by molar-refractivity contribution is 6.39. The summed E-state index contributed by atoms with van der Waals surface area (Å²) < 4.78 is 35.3. The molecule has 2 amide bonds. The summed E-state index contributed by atoms with van der Waals surface area (Å²) in [5, 5.41) is 8.11. The molecule has 1 saturated carbocycles. The Balaban J connectivity index is 1.22. The zero-order valence-electron chi connectivity index (χ0n) is 34.2. The number of hydrogen-bond donors (Lipinski definition) is 5. The van der Waals surface area contributed by atoms with Crippen LogP contribution in [0.15, 0.2) is 11.6 Å². The minimum Gasteiger partial charge on any atom is -0.460 e. The number of allylic oxidation sites excluding steroid dienone is 1. The quantitative estimate of drug-likeness (QED) is 0.0190. The van der Waals surface area contributed by atoms with Gasteiger partial charge in [-0.3, -0.25) is 24.0 Å². The van der Waals surface area contributed by atoms with Crippen molar-refractivity contribution in [1.82, 2.24) is 26.8 Å². The molecule has 0 aromatic carbocycles. The topological polar surface area (TPSA) is 207 Å². The van der Waals surface area contributed by atoms with Crippen LogP contribution in [0.3, 0.4) is 0 Å². The number of ketones is 2. The Labute approximate surface area is 326 Å². The third-order valence-corrected chi connectivity index (χ3v) is 10.1. The van der Waals surface area contributed by atoms with Gasteiger partial charge in [-0.15, -0.1) is 0 Å². The normalized spacial score (nSPS) is 26.1. The number of Topliss-reactive ketones (excluding diaryl/α,β-unsaturated/α-hetero) is 2. The summed E-state index contributed by atoms with van der Waals surface area (Å²) in [6.07, 6.45) is 5.11. The van der Waals surface area contributed by atoms with E-state index < -0.39 is 30.1 Å². The second-order valence-corrected chi connectivity index (χ2v) is 15.9. The van der Waals surface area contributed by atoms with Crippen molar-refractivity contribution in [2.45, 2.75) is 129 Å². The first-order valence-electron chi connectivity index (χ1n) is 19.8. The number of carbonyl (C=O) groups excluding carboxylic acids is 5. The SMILES string of the molecule is COC1C(OC(=O)CCCOCCOCCNC(=O)CNN[C@@H](CC(C)C)C(=O)NCC(=O)C(=O)CNC(C)C)CC[C@]2(CO2)C1C1(C)O[C@@H]1CC=C(C)C. The van der Waals surface area contributed by atoms with E-state index in [0.29, 0.717) is 45.7 Å². The molecule has 4 unspecified atom stereocenters. The summed E-state index contributed by atoms with van der Waals surface area (Å²) in [5.41, 5.74) is 6.20. The average molecular weight is 782 g/mol. The van der Waals surface area contributed by atoms with Crippen molar-refractivity contribution in [2.24, 2.45) is 11.8 Å². The molecular weight excluding hydrogens is 714 g/mol. The molecule has 5 N–H and O–H groups in total. The van der Waals surface area contributed by atoms with Gasteiger partial charge in [-0.2, -0.15) is 0 Å². The van der Waals surface area contributed by atoms with E-state index in [1.54, 1.807) is 7.11 Å². The zero-order chi connectivity index (χ0) is 40.6. The minimum atomic E-state index is -0.714. The third kappa shape index (κ3) is 15.6. The largest absolute Gasteiger partial charge is 0.460 e. The lowest BCUT2D eigenvalue weighted by Crippen LogP contribution is -2.55. The smallest absolute Gasteiger partial charge is 0.306 e. The van der Waals surface area contributed by atoms with Crippen molar-refractivity contribution in [3.05, 3.63) is 11.6 Å². The van der Waals surface area contributed by atoms with Gasteiger partial charge in [0, 0.05) is 32.7 Å². The molecule has 3 aliphatic rings. The number of epoxide rings is 2. The molecule has 7 atom stereocenters. The molecule has 0 radical (unpaired) electrons. The number of esters is 1. The van der Waals surface area contributed by atoms with E-state index in [0.717, 1.165) is 12.8 Å². The lowest BCUT2D eigenvalue weighted by Gasteiger charge is -2.42. The predicted octanol–water partition coefficient (Wildman–Crippen LogP) is 1.30. The van der Waals surface area contributed by atoms with Gasteiger partial charge in [0.05, 0.1) is 58.1 Å². The van der Waals surface area contributed by atoms with Crippen molar-refractivity contribution in [3.8, 4) is 0 Å². The van der Waals surface area contributed by atoms with Gasteiger partial charge in [0.15, 0.2) is 0 Å². The van der Waals surface area contributed by atoms with Crippen LogP contribution in [0.4, 0.5) is 0 Å². The molecule has 3 fully saturated rings. The fourth-order valence-corrected chi connectivity index (χ4v) is 7.01. The van der Waals surface area contributed by atoms with Crippen LogP contribution in [-0.2, 0) is 52.4 Å². The van der Waals surface area contributed by atoms with Crippen molar-refractivity contribution in [3.63, 3.8) is 0 Å². The molecule has 0 aromatic heterocycles. The summed E-state index contributed by atoms with van der Waals surface area (Å²) >= 11 is 0. The molecule has 3 rings (SSSR count). The van der Waals surface area contributed by atoms with E-state index in [1.807, 2.05) is 27.7 Å². The Hall–Kier alpha value is -2.83. The highest BCUT2D eigenvalue weighted by Crippen LogP contribution is 2.59. The zero-order valence-corrected chi connectivity index (χ0v) is 34.2. The van der Waals surface area contributed by atoms with Crippen LogP contribution >= 0.6 is 0 Å². The number of rotatable bonds is 28. The lowest BCUT2D eigenvalue weighted by molar-refractivity contribution is -0.172. The van der Waals surface area contributed by atoms with Crippen molar-refractivity contribution in [2.75, 3.05) is 66.3 Å². The maximum atomic E-state index is 12.8. The van der Waals surface area contributed by atoms with Crippen LogP contribution in [-0.4, -0.2) is 137 Å². The van der Waals surface area contributed by atoms with E-state index in [1.165, 1.54) is 5.57 Å². The summed E-state index contributed by atoms with van der Waals surface area (Å²) in [6.45, 7) is 15.6. The second-order valence-electron chi connectivity index (χ2n) is 15.9. The monoisotopic (exact) mass is 781 g/mol. The van der Waals surface area contributed by atoms with E-state index in [-0.39, 0.29) is 91.9 Å². The number of hydrogen-bond acceptors (Lipinski definition) is 14. The fraction of sp³-hybridized carbons (Fsp3) is 0.821. The van der Waals surface area contributed by atoms with Crippen molar-refractivity contribution < 1.29 is 52.4 Å². The average Bonchev–Trinajstić information content (AvgIpc) is 4.05. The third-order valence-electron chi connectivity index (χ3n) is 10.1. The van der Waals surface area contributed by atoms with Gasteiger partial charge in [-0.25, -0.2) is 10.9 Å². The first-order chi connectivity index (χ1) is 26.1. The number of nitrogens with one attached hydrogen (secondary N) is 5. The molecule has 2 saturated heterocycles. The molecule has 16 nitrogen and oxygen atoms in total. The van der Waals surface area contributed by atoms with Gasteiger partial charge >= 0.3 is 5.97 Å². The van der Waals surface area contributed by atoms with Crippen LogP contribution < -0.4 is 26.8 Å². The molecule has 16 heteroatoms. The van der Waals surface area contributed by atoms with Gasteiger partial charge in [-0.1, -0.05) is 39.3 Å². The van der Waals surface area contributed by atoms with Crippen LogP contribution in [0.1, 0.15) is 87.0 Å². The van der Waals surface area contributed by atoms with Crippen LogP contribution in [0, 0.1) is 11.8 Å². The van der Waals surface area contributed by atoms with Gasteiger partial charge in [-0.05, 0) is 58.8 Å². The summed E-state index contributed by atoms with van der Waals surface area (Å²) in [6, 6.07) is -0.658. The molecule has 0 bridgehead atoms. The first-order valence-corrected chi connectivity index (χ1v) is 19.8. The molecule has 2 aliphatic heterocycles. The number of ether oxygens (including phenoxy) is 6. The van der Waals surface area contributed by atoms with Crippen LogP contribution in [0.2, 0.25) is 0 Å². The molecular formula is C39H67N5O11. The Bertz CT molecular complexity index is 1300. The molecule has 1 spiro atoms. The summed E-state index contributed by atoms with van der Waals surface area (Å²) in [5.74, 6) is -2.19. The van der Waals surface area contributed by atoms with Crippen LogP contribution in [0.25, 0.3) is 0 Å².